The van der Waals surface area contributed by atoms with Crippen LogP contribution < -0.4 is 14.2 Å². The molecule has 0 radical (unpaired) electrons. The number of hydrogen-bond donors (Lipinski definition) is 1. The van der Waals surface area contributed by atoms with Crippen molar-refractivity contribution in [2.75, 3.05) is 27.9 Å². The number of carbonyl (C=O) groups excluding carboxylic acids is 1. The van der Waals surface area contributed by atoms with Crippen LogP contribution in [0.15, 0.2) is 18.2 Å². The maximum Gasteiger partial charge on any atom is 0.219 e. The van der Waals surface area contributed by atoms with Gasteiger partial charge in [0.25, 0.3) is 0 Å². The van der Waals surface area contributed by atoms with Crippen molar-refractivity contribution in [1.29, 1.82) is 0 Å². The van der Waals surface area contributed by atoms with Gasteiger partial charge in [-0.2, -0.15) is 0 Å². The number of carbonyl (C=O) groups is 1. The number of phenolic OH excluding ortho intramolecular Hbond substituents is 1. The molecule has 6 heteroatoms. The molecule has 1 heterocycles. The van der Waals surface area contributed by atoms with E-state index in [0.717, 1.165) is 34.2 Å². The van der Waals surface area contributed by atoms with E-state index >= 15 is 0 Å². The predicted molar refractivity (Wildman–Crippen MR) is 101 cm³/mol. The number of methoxy groups -OCH3 is 3. The summed E-state index contributed by atoms with van der Waals surface area (Å²) in [6.07, 6.45) is 1.40. The van der Waals surface area contributed by atoms with Gasteiger partial charge < -0.3 is 24.2 Å². The lowest BCUT2D eigenvalue weighted by molar-refractivity contribution is -0.131. The first kappa shape index (κ1) is 17.5. The fourth-order valence-corrected chi connectivity index (χ4v) is 4.40. The van der Waals surface area contributed by atoms with Crippen molar-refractivity contribution < 1.29 is 24.1 Å². The van der Waals surface area contributed by atoms with Gasteiger partial charge in [-0.15, -0.1) is 0 Å². The molecule has 1 N–H and O–H groups in total. The van der Waals surface area contributed by atoms with Gasteiger partial charge in [0.15, 0.2) is 23.0 Å². The smallest absolute Gasteiger partial charge is 0.219 e. The Morgan fingerprint density at radius 1 is 1.04 bits per heavy atom. The number of aromatic hydroxyl groups is 1. The number of rotatable bonds is 3. The van der Waals surface area contributed by atoms with Crippen LogP contribution in [0.2, 0.25) is 0 Å². The van der Waals surface area contributed by atoms with Gasteiger partial charge in [0.1, 0.15) is 0 Å². The topological polar surface area (TPSA) is 68.2 Å². The molecule has 0 saturated carbocycles. The zero-order valence-electron chi connectivity index (χ0n) is 16.0. The highest BCUT2D eigenvalue weighted by atomic mass is 16.5. The lowest BCUT2D eigenvalue weighted by Gasteiger charge is -2.41. The highest BCUT2D eigenvalue weighted by molar-refractivity contribution is 5.86. The molecule has 0 unspecified atom stereocenters. The maximum atomic E-state index is 12.3. The van der Waals surface area contributed by atoms with E-state index < -0.39 is 0 Å². The van der Waals surface area contributed by atoms with Gasteiger partial charge in [0.05, 0.1) is 27.4 Å². The van der Waals surface area contributed by atoms with Gasteiger partial charge in [0, 0.05) is 19.0 Å². The highest BCUT2D eigenvalue weighted by Gasteiger charge is 2.38. The Balaban J connectivity index is 2.04. The molecule has 0 saturated heterocycles. The molecule has 1 aliphatic carbocycles. The van der Waals surface area contributed by atoms with E-state index in [4.69, 9.17) is 14.2 Å². The molecule has 0 bridgehead atoms. The molecule has 0 aromatic heterocycles. The number of amides is 1. The van der Waals surface area contributed by atoms with Gasteiger partial charge in [-0.3, -0.25) is 4.79 Å². The number of ether oxygens (including phenoxy) is 3. The SMILES string of the molecule is COc1cc2c(cc1OC)-c1c(O)c(OC)cc3c1[C@H](C2)N(C(C)=O)CC3. The summed E-state index contributed by atoms with van der Waals surface area (Å²) in [7, 11) is 4.74. The number of hydrogen-bond acceptors (Lipinski definition) is 5. The average molecular weight is 369 g/mol. The Labute approximate surface area is 158 Å². The third-order valence-electron chi connectivity index (χ3n) is 5.64. The second-order valence-electron chi connectivity index (χ2n) is 6.92. The first-order valence-corrected chi connectivity index (χ1v) is 8.95. The molecular formula is C21H23NO5. The molecule has 27 heavy (non-hydrogen) atoms. The van der Waals surface area contributed by atoms with Crippen molar-refractivity contribution in [3.05, 3.63) is 34.9 Å². The Morgan fingerprint density at radius 3 is 2.30 bits per heavy atom. The molecule has 1 atom stereocenters. The Bertz CT molecular complexity index is 937. The minimum Gasteiger partial charge on any atom is -0.504 e. The van der Waals surface area contributed by atoms with Gasteiger partial charge in [-0.05, 0) is 53.3 Å². The summed E-state index contributed by atoms with van der Waals surface area (Å²) >= 11 is 0. The molecule has 2 aromatic rings. The molecule has 142 valence electrons. The summed E-state index contributed by atoms with van der Waals surface area (Å²) in [5, 5.41) is 11.0. The van der Waals surface area contributed by atoms with E-state index in [1.165, 1.54) is 0 Å². The van der Waals surface area contributed by atoms with Crippen molar-refractivity contribution in [3.8, 4) is 34.1 Å². The number of fused-ring (bicyclic) bond motifs is 2. The van der Waals surface area contributed by atoms with Crippen LogP contribution in [-0.4, -0.2) is 43.8 Å². The molecule has 0 spiro atoms. The van der Waals surface area contributed by atoms with E-state index in [1.807, 2.05) is 23.1 Å². The number of phenols is 1. The summed E-state index contributed by atoms with van der Waals surface area (Å²) in [6, 6.07) is 5.61. The van der Waals surface area contributed by atoms with Crippen molar-refractivity contribution in [2.45, 2.75) is 25.8 Å². The summed E-state index contributed by atoms with van der Waals surface area (Å²) in [5.74, 6) is 1.81. The molecule has 6 nitrogen and oxygen atoms in total. The van der Waals surface area contributed by atoms with Crippen LogP contribution in [0.1, 0.15) is 29.7 Å². The fourth-order valence-electron chi connectivity index (χ4n) is 4.40. The van der Waals surface area contributed by atoms with E-state index in [1.54, 1.807) is 28.3 Å². The first-order chi connectivity index (χ1) is 13.0. The molecule has 2 aromatic carbocycles. The van der Waals surface area contributed by atoms with Crippen molar-refractivity contribution >= 4 is 5.91 Å². The third-order valence-corrected chi connectivity index (χ3v) is 5.64. The van der Waals surface area contributed by atoms with Crippen LogP contribution in [0, 0.1) is 0 Å². The molecule has 4 rings (SSSR count). The molecule has 1 amide bonds. The monoisotopic (exact) mass is 369 g/mol. The van der Waals surface area contributed by atoms with Crippen molar-refractivity contribution in [2.24, 2.45) is 0 Å². The van der Waals surface area contributed by atoms with Crippen molar-refractivity contribution in [1.82, 2.24) is 4.90 Å². The normalized spacial score (nSPS) is 17.0. The van der Waals surface area contributed by atoms with E-state index in [2.05, 4.69) is 0 Å². The average Bonchev–Trinajstić information content (AvgIpc) is 2.68. The van der Waals surface area contributed by atoms with Crippen LogP contribution in [0.25, 0.3) is 11.1 Å². The summed E-state index contributed by atoms with van der Waals surface area (Å²) in [4.78, 5) is 14.1. The zero-order chi connectivity index (χ0) is 19.3. The van der Waals surface area contributed by atoms with E-state index in [9.17, 15) is 9.90 Å². The van der Waals surface area contributed by atoms with Crippen LogP contribution in [0.4, 0.5) is 0 Å². The lowest BCUT2D eigenvalue weighted by Crippen LogP contribution is -2.41. The fraction of sp³-hybridized carbons (Fsp3) is 0.381. The Kier molecular flexibility index (Phi) is 4.13. The summed E-state index contributed by atoms with van der Waals surface area (Å²) < 4.78 is 16.3. The summed E-state index contributed by atoms with van der Waals surface area (Å²) in [6.45, 7) is 2.25. The Hall–Kier alpha value is -2.89. The lowest BCUT2D eigenvalue weighted by atomic mass is 9.76. The van der Waals surface area contributed by atoms with Crippen LogP contribution in [0.5, 0.6) is 23.0 Å². The Morgan fingerprint density at radius 2 is 1.67 bits per heavy atom. The van der Waals surface area contributed by atoms with Gasteiger partial charge in [-0.25, -0.2) is 0 Å². The second kappa shape index (κ2) is 6.37. The maximum absolute atomic E-state index is 12.3. The van der Waals surface area contributed by atoms with Gasteiger partial charge in [0.2, 0.25) is 5.91 Å². The second-order valence-corrected chi connectivity index (χ2v) is 6.92. The standard InChI is InChI=1S/C21H23NO5/c1-11(23)22-6-5-12-8-18(27-4)21(24)20-14-10-17(26-3)16(25-2)9-13(14)7-15(22)19(12)20/h8-10,15,24H,5-7H2,1-4H3/t15-/m0/s1. The minimum atomic E-state index is -0.108. The minimum absolute atomic E-state index is 0.0378. The first-order valence-electron chi connectivity index (χ1n) is 8.95. The van der Waals surface area contributed by atoms with E-state index in [0.29, 0.717) is 30.2 Å². The number of benzene rings is 2. The number of nitrogens with zero attached hydrogens (tertiary/aromatic N) is 1. The molecule has 1 aliphatic heterocycles. The highest BCUT2D eigenvalue weighted by Crippen LogP contribution is 2.53. The van der Waals surface area contributed by atoms with Gasteiger partial charge in [-0.1, -0.05) is 0 Å². The molecule has 2 aliphatic rings. The third kappa shape index (κ3) is 2.51. The summed E-state index contributed by atoms with van der Waals surface area (Å²) in [5.41, 5.74) is 4.74. The molecule has 0 fully saturated rings. The predicted octanol–water partition coefficient (Wildman–Crippen LogP) is 3.09. The van der Waals surface area contributed by atoms with Crippen LogP contribution >= 0.6 is 0 Å². The van der Waals surface area contributed by atoms with Crippen molar-refractivity contribution in [3.63, 3.8) is 0 Å². The molecular weight excluding hydrogens is 346 g/mol. The van der Waals surface area contributed by atoms with Crippen LogP contribution in [-0.2, 0) is 17.6 Å². The quantitative estimate of drug-likeness (QED) is 0.901. The van der Waals surface area contributed by atoms with Crippen LogP contribution in [0.3, 0.4) is 0 Å². The largest absolute Gasteiger partial charge is 0.504 e. The van der Waals surface area contributed by atoms with E-state index in [-0.39, 0.29) is 17.7 Å². The van der Waals surface area contributed by atoms with Gasteiger partial charge >= 0.3 is 0 Å². The zero-order valence-corrected chi connectivity index (χ0v) is 16.0.